The fourth-order valence-corrected chi connectivity index (χ4v) is 4.84. The van der Waals surface area contributed by atoms with Crippen LogP contribution in [0.3, 0.4) is 0 Å². The van der Waals surface area contributed by atoms with Gasteiger partial charge in [0.25, 0.3) is 0 Å². The molecule has 0 saturated carbocycles. The van der Waals surface area contributed by atoms with Gasteiger partial charge >= 0.3 is 12.4 Å². The number of alkyl halides is 6. The van der Waals surface area contributed by atoms with Gasteiger partial charge in [0, 0.05) is 18.8 Å². The van der Waals surface area contributed by atoms with Crippen LogP contribution in [0.25, 0.3) is 0 Å². The molecule has 0 saturated heterocycles. The Kier molecular flexibility index (Phi) is 10.4. The molecule has 0 fully saturated rings. The van der Waals surface area contributed by atoms with Gasteiger partial charge in [0.1, 0.15) is 11.6 Å². The van der Waals surface area contributed by atoms with Crippen molar-refractivity contribution in [2.75, 3.05) is 20.4 Å². The summed E-state index contributed by atoms with van der Waals surface area (Å²) < 4.78 is 90.8. The van der Waals surface area contributed by atoms with Crippen LogP contribution in [0.5, 0.6) is 11.5 Å². The van der Waals surface area contributed by atoms with Gasteiger partial charge in [-0.2, -0.15) is 26.3 Å². The predicted molar refractivity (Wildman–Crippen MR) is 139 cm³/mol. The van der Waals surface area contributed by atoms with Gasteiger partial charge in [-0.15, -0.1) is 10.2 Å². The Labute approximate surface area is 234 Å². The van der Waals surface area contributed by atoms with E-state index in [0.717, 1.165) is 10.4 Å². The molecule has 1 heterocycles. The summed E-state index contributed by atoms with van der Waals surface area (Å²) in [6.07, 6.45) is -6.36. The molecule has 3 rings (SSSR count). The summed E-state index contributed by atoms with van der Waals surface area (Å²) in [4.78, 5) is 16.8. The van der Waals surface area contributed by atoms with E-state index in [1.54, 1.807) is 12.1 Å². The van der Waals surface area contributed by atoms with Gasteiger partial charge in [0.2, 0.25) is 5.91 Å². The molecule has 1 N–H and O–H groups in total. The third-order valence-electron chi connectivity index (χ3n) is 5.51. The maximum absolute atomic E-state index is 13.5. The average Bonchev–Trinajstić information content (AvgIpc) is 3.37. The topological polar surface area (TPSA) is 85.7 Å². The van der Waals surface area contributed by atoms with Crippen LogP contribution < -0.4 is 14.8 Å². The number of benzene rings is 2. The molecule has 0 aliphatic heterocycles. The summed E-state index contributed by atoms with van der Waals surface area (Å²) in [7, 11) is 2.86. The van der Waals surface area contributed by atoms with Crippen LogP contribution in [0, 0.1) is 5.92 Å². The second kappa shape index (κ2) is 13.4. The average molecular weight is 607 g/mol. The number of hydrogen-bond acceptors (Lipinski definition) is 8. The maximum atomic E-state index is 13.5. The first kappa shape index (κ1) is 31.2. The number of rotatable bonds is 11. The zero-order valence-electron chi connectivity index (χ0n) is 21.4. The summed E-state index contributed by atoms with van der Waals surface area (Å²) in [5, 5.41) is 11.4. The van der Waals surface area contributed by atoms with Gasteiger partial charge in [-0.05, 0) is 42.5 Å². The highest BCUT2D eigenvalue weighted by molar-refractivity contribution is 8.00. The van der Waals surface area contributed by atoms with Gasteiger partial charge < -0.3 is 19.8 Å². The Morgan fingerprint density at radius 2 is 1.85 bits per heavy atom. The van der Waals surface area contributed by atoms with Crippen LogP contribution in [0.2, 0.25) is 0 Å². The smallest absolute Gasteiger partial charge is 0.416 e. The van der Waals surface area contributed by atoms with Crippen LogP contribution in [0.4, 0.5) is 26.3 Å². The van der Waals surface area contributed by atoms with Crippen molar-refractivity contribution in [2.24, 2.45) is 10.9 Å². The SMILES string of the molecule is CN=C[C@@H](Cc1ccc(OCc2ccc(C(F)(F)F)cc2C(F)(F)F)c(OC)c1)C(=O)NCc1nnc(SC)s1. The molecular weight excluding hydrogens is 582 g/mol. The molecule has 15 heteroatoms. The highest BCUT2D eigenvalue weighted by Gasteiger charge is 2.38. The first-order valence-corrected chi connectivity index (χ1v) is 13.5. The molecule has 3 aromatic rings. The van der Waals surface area contributed by atoms with Crippen molar-refractivity contribution < 1.29 is 40.6 Å². The molecule has 1 amide bonds. The number of aliphatic imine (C=N–C) groups is 1. The zero-order chi connectivity index (χ0) is 29.5. The molecular formula is C25H24F6N4O3S2. The third-order valence-corrected chi connectivity index (χ3v) is 7.41. The molecule has 0 aliphatic rings. The number of carbonyl (C=O) groups is 1. The predicted octanol–water partition coefficient (Wildman–Crippen LogP) is 6.06. The fourth-order valence-electron chi connectivity index (χ4n) is 3.59. The van der Waals surface area contributed by atoms with E-state index in [4.69, 9.17) is 9.47 Å². The minimum atomic E-state index is -5.02. The van der Waals surface area contributed by atoms with Crippen molar-refractivity contribution in [1.82, 2.24) is 15.5 Å². The number of halogens is 6. The van der Waals surface area contributed by atoms with E-state index in [1.165, 1.54) is 49.5 Å². The number of nitrogens with one attached hydrogen (secondary N) is 1. The van der Waals surface area contributed by atoms with Gasteiger partial charge in [-0.25, -0.2) is 0 Å². The Bertz CT molecular complexity index is 1340. The van der Waals surface area contributed by atoms with E-state index in [2.05, 4.69) is 20.5 Å². The lowest BCUT2D eigenvalue weighted by Gasteiger charge is -2.18. The van der Waals surface area contributed by atoms with E-state index in [0.29, 0.717) is 16.6 Å². The van der Waals surface area contributed by atoms with E-state index >= 15 is 0 Å². The number of carbonyl (C=O) groups excluding carboxylic acids is 1. The first-order chi connectivity index (χ1) is 18.8. The van der Waals surface area contributed by atoms with Gasteiger partial charge in [0.15, 0.2) is 15.8 Å². The minimum absolute atomic E-state index is 0.0617. The number of methoxy groups -OCH3 is 1. The van der Waals surface area contributed by atoms with Gasteiger partial charge in [-0.1, -0.05) is 35.2 Å². The quantitative estimate of drug-likeness (QED) is 0.162. The number of hydrogen-bond donors (Lipinski definition) is 1. The molecule has 0 radical (unpaired) electrons. The second-order valence-corrected chi connectivity index (χ2v) is 10.4. The Hall–Kier alpha value is -3.33. The monoisotopic (exact) mass is 606 g/mol. The normalized spacial score (nSPS) is 12.9. The number of amides is 1. The summed E-state index contributed by atoms with van der Waals surface area (Å²) in [6, 6.07) is 5.99. The number of aromatic nitrogens is 2. The number of thioether (sulfide) groups is 1. The molecule has 1 aromatic heterocycles. The third kappa shape index (κ3) is 8.34. The van der Waals surface area contributed by atoms with Crippen LogP contribution in [0.15, 0.2) is 45.7 Å². The second-order valence-electron chi connectivity index (χ2n) is 8.24. The molecule has 0 spiro atoms. The Morgan fingerprint density at radius 3 is 2.45 bits per heavy atom. The Morgan fingerprint density at radius 1 is 1.10 bits per heavy atom. The van der Waals surface area contributed by atoms with Crippen molar-refractivity contribution in [2.45, 2.75) is 36.3 Å². The van der Waals surface area contributed by atoms with Crippen molar-refractivity contribution in [1.29, 1.82) is 0 Å². The first-order valence-electron chi connectivity index (χ1n) is 11.5. The molecule has 216 valence electrons. The minimum Gasteiger partial charge on any atom is -0.493 e. The lowest BCUT2D eigenvalue weighted by molar-refractivity contribution is -0.143. The maximum Gasteiger partial charge on any atom is 0.416 e. The van der Waals surface area contributed by atoms with E-state index in [-0.39, 0.29) is 36.4 Å². The van der Waals surface area contributed by atoms with Crippen LogP contribution >= 0.6 is 23.1 Å². The van der Waals surface area contributed by atoms with E-state index < -0.39 is 41.6 Å². The van der Waals surface area contributed by atoms with Crippen molar-refractivity contribution in [3.05, 3.63) is 63.7 Å². The van der Waals surface area contributed by atoms with Crippen molar-refractivity contribution >= 4 is 35.2 Å². The summed E-state index contributed by atoms with van der Waals surface area (Å²) in [6.45, 7) is -0.453. The summed E-state index contributed by atoms with van der Waals surface area (Å²) in [5.74, 6) is -0.696. The van der Waals surface area contributed by atoms with E-state index in [9.17, 15) is 31.1 Å². The van der Waals surface area contributed by atoms with Crippen molar-refractivity contribution in [3.8, 4) is 11.5 Å². The van der Waals surface area contributed by atoms with Crippen molar-refractivity contribution in [3.63, 3.8) is 0 Å². The lowest BCUT2D eigenvalue weighted by atomic mass is 9.99. The molecule has 40 heavy (non-hydrogen) atoms. The summed E-state index contributed by atoms with van der Waals surface area (Å²) >= 11 is 2.81. The fraction of sp³-hybridized carbons (Fsp3) is 0.360. The molecule has 2 aromatic carbocycles. The van der Waals surface area contributed by atoms with E-state index in [1.807, 2.05) is 6.26 Å². The highest BCUT2D eigenvalue weighted by atomic mass is 32.2. The molecule has 0 unspecified atom stereocenters. The van der Waals surface area contributed by atoms with Gasteiger partial charge in [0.05, 0.1) is 30.7 Å². The molecule has 0 aliphatic carbocycles. The lowest BCUT2D eigenvalue weighted by Crippen LogP contribution is -2.32. The zero-order valence-corrected chi connectivity index (χ0v) is 23.0. The van der Waals surface area contributed by atoms with Gasteiger partial charge in [-0.3, -0.25) is 4.79 Å². The molecule has 1 atom stereocenters. The molecule has 7 nitrogen and oxygen atoms in total. The number of nitrogens with zero attached hydrogens (tertiary/aromatic N) is 3. The Balaban J connectivity index is 1.73. The summed E-state index contributed by atoms with van der Waals surface area (Å²) in [5.41, 5.74) is -2.67. The standard InChI is InChI=1S/C25H24F6N4O3S2/c1-32-11-16(22(36)33-12-21-34-35-23(39-3)40-21)8-14-4-7-19(20(9-14)37-2)38-13-15-5-6-17(24(26,27)28)10-18(15)25(29,30)31/h4-7,9-11,16H,8,12-13H2,1-3H3,(H,33,36)/t16-/m1/s1. The highest BCUT2D eigenvalue weighted by Crippen LogP contribution is 2.38. The van der Waals surface area contributed by atoms with Crippen LogP contribution in [-0.2, 0) is 36.7 Å². The van der Waals surface area contributed by atoms with Crippen LogP contribution in [-0.4, -0.2) is 42.7 Å². The van der Waals surface area contributed by atoms with Crippen LogP contribution in [0.1, 0.15) is 27.3 Å². The number of ether oxygens (including phenoxy) is 2. The largest absolute Gasteiger partial charge is 0.493 e. The molecule has 0 bridgehead atoms.